The number of carbonyl (C=O) groups is 6. The van der Waals surface area contributed by atoms with Crippen molar-refractivity contribution in [3.63, 3.8) is 0 Å². The predicted octanol–water partition coefficient (Wildman–Crippen LogP) is -1.12. The number of hydrogen-bond donors (Lipinski definition) is 8. The van der Waals surface area contributed by atoms with Crippen LogP contribution < -0.4 is 27.4 Å². The van der Waals surface area contributed by atoms with Gasteiger partial charge < -0.3 is 47.5 Å². The molecule has 0 aliphatic carbocycles. The van der Waals surface area contributed by atoms with Gasteiger partial charge in [-0.1, -0.05) is 42.5 Å². The number of phenolic OH excluding ortho intramolecular Hbond substituents is 1. The molecular weight excluding hydrogens is 636 g/mol. The van der Waals surface area contributed by atoms with Crippen LogP contribution in [-0.4, -0.2) is 97.3 Å². The van der Waals surface area contributed by atoms with E-state index in [1.165, 1.54) is 29.6 Å². The standard InChI is InChI=1S/C33H40N8O8/c34-23(13-20-8-10-22(42)11-9-20)29(44)38-24(16-28(35)43)30(45)39-25(15-21-17-36-18-37-21)32(47)41-12-4-7-27(41)31(46)40-26(33(48)49)14-19-5-2-1-3-6-19/h1-3,5-6,8-11,17-18,23-27,42H,4,7,12-16,34H2,(H2,35,43)(H,36,37)(H,38,44)(H,39,45)(H,40,46)(H,48,49)/t23-,24-,25-,26-,27-/m0/s1. The van der Waals surface area contributed by atoms with E-state index in [0.717, 1.165) is 0 Å². The summed E-state index contributed by atoms with van der Waals surface area (Å²) in [6, 6.07) is 8.68. The lowest BCUT2D eigenvalue weighted by atomic mass is 10.0. The Bertz CT molecular complexity index is 1620. The minimum absolute atomic E-state index is 0.0344. The number of carbonyl (C=O) groups excluding carboxylic acids is 5. The molecule has 10 N–H and O–H groups in total. The minimum atomic E-state index is -1.49. The van der Waals surface area contributed by atoms with Crippen LogP contribution >= 0.6 is 0 Å². The van der Waals surface area contributed by atoms with Gasteiger partial charge >= 0.3 is 5.97 Å². The van der Waals surface area contributed by atoms with Crippen LogP contribution in [0.25, 0.3) is 0 Å². The average molecular weight is 677 g/mol. The van der Waals surface area contributed by atoms with E-state index in [0.29, 0.717) is 23.2 Å². The molecule has 0 unspecified atom stereocenters. The van der Waals surface area contributed by atoms with Crippen LogP contribution in [0.5, 0.6) is 5.75 Å². The van der Waals surface area contributed by atoms with Gasteiger partial charge in [0.25, 0.3) is 0 Å². The Balaban J connectivity index is 1.48. The van der Waals surface area contributed by atoms with Gasteiger partial charge in [-0.25, -0.2) is 9.78 Å². The molecule has 4 rings (SSSR count). The van der Waals surface area contributed by atoms with Crippen molar-refractivity contribution in [1.82, 2.24) is 30.8 Å². The molecule has 1 fully saturated rings. The van der Waals surface area contributed by atoms with Crippen LogP contribution in [0.3, 0.4) is 0 Å². The number of aromatic amines is 1. The summed E-state index contributed by atoms with van der Waals surface area (Å²) >= 11 is 0. The summed E-state index contributed by atoms with van der Waals surface area (Å²) in [5, 5.41) is 26.9. The third-order valence-corrected chi connectivity index (χ3v) is 8.10. The molecule has 0 spiro atoms. The Morgan fingerprint density at radius 3 is 2.18 bits per heavy atom. The monoisotopic (exact) mass is 676 g/mol. The lowest BCUT2D eigenvalue weighted by Gasteiger charge is -2.30. The van der Waals surface area contributed by atoms with E-state index in [4.69, 9.17) is 11.5 Å². The quantitative estimate of drug-likeness (QED) is 0.0905. The Kier molecular flexibility index (Phi) is 12.4. The number of aliphatic carboxylic acids is 1. The summed E-state index contributed by atoms with van der Waals surface area (Å²) < 4.78 is 0. The second-order valence-corrected chi connectivity index (χ2v) is 11.8. The number of nitrogens with two attached hydrogens (primary N) is 2. The van der Waals surface area contributed by atoms with Crippen molar-refractivity contribution in [2.75, 3.05) is 6.54 Å². The van der Waals surface area contributed by atoms with E-state index in [9.17, 15) is 39.0 Å². The number of amides is 5. The highest BCUT2D eigenvalue weighted by atomic mass is 16.4. The van der Waals surface area contributed by atoms with Crippen molar-refractivity contribution in [2.45, 2.75) is 68.7 Å². The summed E-state index contributed by atoms with van der Waals surface area (Å²) in [5.74, 6) is -5.04. The van der Waals surface area contributed by atoms with Crippen molar-refractivity contribution in [2.24, 2.45) is 11.5 Å². The van der Waals surface area contributed by atoms with Gasteiger partial charge in [0.2, 0.25) is 29.5 Å². The molecule has 16 nitrogen and oxygen atoms in total. The molecular formula is C33H40N8O8. The zero-order valence-electron chi connectivity index (χ0n) is 26.6. The van der Waals surface area contributed by atoms with Gasteiger partial charge in [-0.2, -0.15) is 0 Å². The fourth-order valence-electron chi connectivity index (χ4n) is 5.58. The van der Waals surface area contributed by atoms with E-state index in [1.54, 1.807) is 42.5 Å². The number of likely N-dealkylation sites (tertiary alicyclic amines) is 1. The predicted molar refractivity (Wildman–Crippen MR) is 174 cm³/mol. The van der Waals surface area contributed by atoms with Gasteiger partial charge in [0, 0.05) is 31.3 Å². The van der Waals surface area contributed by atoms with Crippen LogP contribution in [0.1, 0.15) is 36.1 Å². The number of carboxylic acids is 1. The fourth-order valence-corrected chi connectivity index (χ4v) is 5.58. The normalized spacial score (nSPS) is 16.5. The molecule has 49 heavy (non-hydrogen) atoms. The number of imidazole rings is 1. The van der Waals surface area contributed by atoms with Crippen LogP contribution in [0, 0.1) is 0 Å². The summed E-state index contributed by atoms with van der Waals surface area (Å²) in [6.07, 6.45) is 2.96. The number of primary amides is 1. The number of hydrogen-bond acceptors (Lipinski definition) is 9. The summed E-state index contributed by atoms with van der Waals surface area (Å²) in [4.78, 5) is 85.9. The maximum atomic E-state index is 14.0. The number of phenols is 1. The van der Waals surface area contributed by atoms with Crippen molar-refractivity contribution in [3.05, 3.63) is 83.9 Å². The number of nitrogens with zero attached hydrogens (tertiary/aromatic N) is 2. The SMILES string of the molecule is NC(=O)C[C@H](NC(=O)[C@@H](N)Cc1ccc(O)cc1)C(=O)N[C@@H](Cc1cnc[nH]1)C(=O)N1CCC[C@H]1C(=O)N[C@@H](Cc1ccccc1)C(=O)O. The van der Waals surface area contributed by atoms with Crippen LogP contribution in [0.15, 0.2) is 67.1 Å². The van der Waals surface area contributed by atoms with Crippen molar-refractivity contribution in [3.8, 4) is 5.75 Å². The van der Waals surface area contributed by atoms with Crippen LogP contribution in [0.2, 0.25) is 0 Å². The number of nitrogens with one attached hydrogen (secondary N) is 4. The maximum Gasteiger partial charge on any atom is 0.326 e. The zero-order valence-corrected chi connectivity index (χ0v) is 26.6. The molecule has 2 heterocycles. The Labute approximate surface area is 281 Å². The topological polar surface area (TPSA) is 263 Å². The second-order valence-electron chi connectivity index (χ2n) is 11.8. The van der Waals surface area contributed by atoms with Crippen molar-refractivity contribution < 1.29 is 39.0 Å². The molecule has 5 atom stereocenters. The number of benzene rings is 2. The molecule has 3 aromatic rings. The second kappa shape index (κ2) is 16.9. The lowest BCUT2D eigenvalue weighted by molar-refractivity contribution is -0.145. The first kappa shape index (κ1) is 36.1. The molecule has 2 aromatic carbocycles. The van der Waals surface area contributed by atoms with E-state index >= 15 is 0 Å². The highest BCUT2D eigenvalue weighted by Crippen LogP contribution is 2.20. The number of aromatic hydroxyl groups is 1. The van der Waals surface area contributed by atoms with Gasteiger partial charge in [-0.3, -0.25) is 24.0 Å². The molecule has 1 aromatic heterocycles. The Morgan fingerprint density at radius 1 is 0.878 bits per heavy atom. The fraction of sp³-hybridized carbons (Fsp3) is 0.364. The number of H-pyrrole nitrogens is 1. The van der Waals surface area contributed by atoms with Gasteiger partial charge in [0.1, 0.15) is 29.9 Å². The largest absolute Gasteiger partial charge is 0.508 e. The Morgan fingerprint density at radius 2 is 1.55 bits per heavy atom. The van der Waals surface area contributed by atoms with Gasteiger partial charge in [0.05, 0.1) is 18.8 Å². The Hall–Kier alpha value is -5.77. The van der Waals surface area contributed by atoms with Crippen LogP contribution in [0.4, 0.5) is 0 Å². The first-order valence-electron chi connectivity index (χ1n) is 15.7. The number of rotatable bonds is 16. The molecule has 1 aliphatic heterocycles. The van der Waals surface area contributed by atoms with E-state index < -0.39 is 72.1 Å². The van der Waals surface area contributed by atoms with Crippen molar-refractivity contribution in [1.29, 1.82) is 0 Å². The molecule has 5 amide bonds. The molecule has 1 saturated heterocycles. The van der Waals surface area contributed by atoms with Gasteiger partial charge in [-0.15, -0.1) is 0 Å². The molecule has 0 bridgehead atoms. The first-order valence-corrected chi connectivity index (χ1v) is 15.7. The van der Waals surface area contributed by atoms with Gasteiger partial charge in [0.15, 0.2) is 0 Å². The van der Waals surface area contributed by atoms with Crippen molar-refractivity contribution >= 4 is 35.5 Å². The summed E-state index contributed by atoms with van der Waals surface area (Å²) in [6.45, 7) is 0.163. The molecule has 260 valence electrons. The number of aromatic nitrogens is 2. The highest BCUT2D eigenvalue weighted by molar-refractivity contribution is 5.97. The van der Waals surface area contributed by atoms with Gasteiger partial charge in [-0.05, 0) is 42.5 Å². The van der Waals surface area contributed by atoms with E-state index in [2.05, 4.69) is 25.9 Å². The third kappa shape index (κ3) is 10.4. The average Bonchev–Trinajstić information content (AvgIpc) is 3.77. The smallest absolute Gasteiger partial charge is 0.326 e. The zero-order chi connectivity index (χ0) is 35.5. The molecule has 0 radical (unpaired) electrons. The summed E-state index contributed by atoms with van der Waals surface area (Å²) in [7, 11) is 0. The molecule has 1 aliphatic rings. The van der Waals surface area contributed by atoms with Crippen LogP contribution in [-0.2, 0) is 48.0 Å². The summed E-state index contributed by atoms with van der Waals surface area (Å²) in [5.41, 5.74) is 13.3. The molecule has 0 saturated carbocycles. The number of carboxylic acid groups (broad SMARTS) is 1. The lowest BCUT2D eigenvalue weighted by Crippen LogP contribution is -2.59. The van der Waals surface area contributed by atoms with E-state index in [1.807, 2.05) is 0 Å². The van der Waals surface area contributed by atoms with E-state index in [-0.39, 0.29) is 38.0 Å². The maximum absolute atomic E-state index is 14.0. The first-order chi connectivity index (χ1) is 23.4. The minimum Gasteiger partial charge on any atom is -0.508 e. The third-order valence-electron chi connectivity index (χ3n) is 8.10. The molecule has 16 heteroatoms. The highest BCUT2D eigenvalue weighted by Gasteiger charge is 2.40.